The van der Waals surface area contributed by atoms with Crippen molar-refractivity contribution in [2.24, 2.45) is 0 Å². The van der Waals surface area contributed by atoms with Gasteiger partial charge in [-0.15, -0.1) is 22.7 Å². The smallest absolute Gasteiger partial charge is 0.349 e. The number of H-pyrrole nitrogens is 1. The summed E-state index contributed by atoms with van der Waals surface area (Å²) in [7, 11) is 3.51. The molecule has 1 aliphatic carbocycles. The average molecular weight is 795 g/mol. The van der Waals surface area contributed by atoms with E-state index < -0.39 is 17.7 Å². The first-order valence-electron chi connectivity index (χ1n) is 17.6. The fourth-order valence-corrected chi connectivity index (χ4v) is 8.77. The minimum atomic E-state index is -1.83. The van der Waals surface area contributed by atoms with Crippen molar-refractivity contribution < 1.29 is 34.4 Å². The number of anilines is 1. The molecule has 0 aliphatic heterocycles. The summed E-state index contributed by atoms with van der Waals surface area (Å²) >= 11 is 9.23. The quantitative estimate of drug-likeness (QED) is 0.0702. The first-order chi connectivity index (χ1) is 26.0. The van der Waals surface area contributed by atoms with Gasteiger partial charge in [-0.25, -0.2) is 4.79 Å². The molecule has 12 nitrogen and oxygen atoms in total. The van der Waals surface area contributed by atoms with E-state index in [0.717, 1.165) is 18.4 Å². The number of carbonyl (C=O) groups excluding carboxylic acids is 2. The second kappa shape index (κ2) is 17.5. The Kier molecular flexibility index (Phi) is 12.7. The number of esters is 1. The normalized spacial score (nSPS) is 16.7. The number of halogens is 1. The molecule has 1 aliphatic rings. The Morgan fingerprint density at radius 3 is 2.41 bits per heavy atom. The summed E-state index contributed by atoms with van der Waals surface area (Å²) in [4.78, 5) is 43.9. The maximum Gasteiger partial charge on any atom is 0.349 e. The third kappa shape index (κ3) is 8.81. The number of methoxy groups -OCH3 is 1. The number of amides is 1. The number of nitrogens with one attached hydrogen (secondary N) is 3. The monoisotopic (exact) mass is 794 g/mol. The zero-order chi connectivity index (χ0) is 38.4. The fraction of sp³-hybridized carbons (Fsp3) is 0.359. The molecule has 6 N–H and O–H groups in total. The van der Waals surface area contributed by atoms with Crippen LogP contribution in [0.2, 0.25) is 5.02 Å². The van der Waals surface area contributed by atoms with Crippen LogP contribution in [0.1, 0.15) is 59.1 Å². The molecule has 0 bridgehead atoms. The number of aromatic hydroxyl groups is 1. The summed E-state index contributed by atoms with van der Waals surface area (Å²) in [6, 6.07) is 16.6. The highest BCUT2D eigenvalue weighted by Crippen LogP contribution is 2.38. The minimum absolute atomic E-state index is 0.0829. The molecule has 1 saturated carbocycles. The first kappa shape index (κ1) is 39.4. The topological polar surface area (TPSA) is 173 Å². The van der Waals surface area contributed by atoms with Crippen molar-refractivity contribution in [1.82, 2.24) is 15.2 Å². The lowest BCUT2D eigenvalue weighted by Gasteiger charge is -2.35. The average Bonchev–Trinajstić information content (AvgIpc) is 3.92. The van der Waals surface area contributed by atoms with Crippen LogP contribution in [0.4, 0.5) is 5.69 Å². The maximum atomic E-state index is 13.4. The number of thiophene rings is 2. The SMILES string of the molecule is COc1cc(NC(=O)CCN(C)C2CCC(OC(=O)C(O)(c3cccs3)c3cccs3)CC2)c(Cl)cc1CNCC(O)c1ccc(O)c2[nH]c(=O)ccc12. The number of phenols is 1. The van der Waals surface area contributed by atoms with Gasteiger partial charge in [0.25, 0.3) is 0 Å². The largest absolute Gasteiger partial charge is 0.506 e. The van der Waals surface area contributed by atoms with Crippen molar-refractivity contribution >= 4 is 62.7 Å². The van der Waals surface area contributed by atoms with Crippen LogP contribution in [0.5, 0.6) is 11.5 Å². The van der Waals surface area contributed by atoms with E-state index in [1.807, 2.05) is 17.8 Å². The van der Waals surface area contributed by atoms with Crippen molar-refractivity contribution in [3.8, 4) is 11.5 Å². The summed E-state index contributed by atoms with van der Waals surface area (Å²) in [6.07, 6.45) is 1.88. The van der Waals surface area contributed by atoms with E-state index >= 15 is 0 Å². The Hall–Kier alpha value is -4.28. The van der Waals surface area contributed by atoms with E-state index in [1.54, 1.807) is 48.5 Å². The number of fused-ring (bicyclic) bond motifs is 1. The zero-order valence-electron chi connectivity index (χ0n) is 29.8. The summed E-state index contributed by atoms with van der Waals surface area (Å²) in [5.74, 6) is -0.436. The number of carbonyl (C=O) groups is 2. The number of aromatic amines is 1. The molecule has 1 atom stereocenters. The molecule has 1 amide bonds. The van der Waals surface area contributed by atoms with Crippen molar-refractivity contribution in [2.45, 2.75) is 62.5 Å². The van der Waals surface area contributed by atoms with Gasteiger partial charge in [0.2, 0.25) is 17.1 Å². The van der Waals surface area contributed by atoms with Gasteiger partial charge >= 0.3 is 5.97 Å². The van der Waals surface area contributed by atoms with Crippen molar-refractivity contribution in [3.63, 3.8) is 0 Å². The van der Waals surface area contributed by atoms with E-state index in [1.165, 1.54) is 41.9 Å². The third-order valence-corrected chi connectivity index (χ3v) is 12.1. The molecule has 0 saturated heterocycles. The molecule has 3 aromatic heterocycles. The van der Waals surface area contributed by atoms with Gasteiger partial charge in [-0.05, 0) is 79.4 Å². The zero-order valence-corrected chi connectivity index (χ0v) is 32.2. The summed E-state index contributed by atoms with van der Waals surface area (Å²) in [5.41, 5.74) is -0.241. The Morgan fingerprint density at radius 1 is 1.06 bits per heavy atom. The van der Waals surface area contributed by atoms with Crippen LogP contribution in [0, 0.1) is 0 Å². The molecule has 0 spiro atoms. The van der Waals surface area contributed by atoms with E-state index in [-0.39, 0.29) is 47.8 Å². The number of ether oxygens (including phenoxy) is 2. The number of aromatic nitrogens is 1. The molecule has 1 fully saturated rings. The van der Waals surface area contributed by atoms with E-state index in [9.17, 15) is 29.7 Å². The second-order valence-corrected chi connectivity index (χ2v) is 15.7. The van der Waals surface area contributed by atoms with Gasteiger partial charge in [-0.1, -0.05) is 29.8 Å². The molecule has 54 heavy (non-hydrogen) atoms. The highest BCUT2D eigenvalue weighted by molar-refractivity contribution is 7.12. The van der Waals surface area contributed by atoms with Crippen LogP contribution in [-0.2, 0) is 26.5 Å². The number of hydrogen-bond donors (Lipinski definition) is 6. The number of aliphatic hydroxyl groups is 2. The number of phenolic OH excluding ortho intramolecular Hbond substituents is 1. The minimum Gasteiger partial charge on any atom is -0.506 e. The molecule has 3 heterocycles. The first-order valence-corrected chi connectivity index (χ1v) is 19.7. The second-order valence-electron chi connectivity index (χ2n) is 13.4. The molecule has 0 radical (unpaired) electrons. The van der Waals surface area contributed by atoms with Gasteiger partial charge in [-0.3, -0.25) is 9.59 Å². The van der Waals surface area contributed by atoms with Crippen LogP contribution in [-0.4, -0.2) is 76.5 Å². The van der Waals surface area contributed by atoms with Crippen molar-refractivity contribution in [3.05, 3.63) is 108 Å². The Labute approximate surface area is 325 Å². The highest BCUT2D eigenvalue weighted by atomic mass is 35.5. The van der Waals surface area contributed by atoms with Crippen LogP contribution in [0.25, 0.3) is 10.9 Å². The van der Waals surface area contributed by atoms with Crippen molar-refractivity contribution in [2.75, 3.05) is 32.6 Å². The number of benzene rings is 2. The summed E-state index contributed by atoms with van der Waals surface area (Å²) < 4.78 is 11.5. The Bertz CT molecular complexity index is 2080. The van der Waals surface area contributed by atoms with Gasteiger partial charge in [0.15, 0.2) is 0 Å². The predicted molar refractivity (Wildman–Crippen MR) is 211 cm³/mol. The van der Waals surface area contributed by atoms with Gasteiger partial charge in [0, 0.05) is 55.2 Å². The van der Waals surface area contributed by atoms with Gasteiger partial charge in [0.1, 0.15) is 17.6 Å². The van der Waals surface area contributed by atoms with Crippen LogP contribution >= 0.6 is 34.3 Å². The summed E-state index contributed by atoms with van der Waals surface area (Å²) in [6.45, 7) is 0.980. The van der Waals surface area contributed by atoms with E-state index in [0.29, 0.717) is 63.1 Å². The number of pyridine rings is 1. The van der Waals surface area contributed by atoms with Crippen LogP contribution in [0.3, 0.4) is 0 Å². The molecular weight excluding hydrogens is 752 g/mol. The van der Waals surface area contributed by atoms with Crippen LogP contribution in [0.15, 0.2) is 76.2 Å². The fourth-order valence-electron chi connectivity index (χ4n) is 6.83. The van der Waals surface area contributed by atoms with Crippen molar-refractivity contribution in [1.29, 1.82) is 0 Å². The maximum absolute atomic E-state index is 13.4. The molecule has 2 aromatic carbocycles. The lowest BCUT2D eigenvalue weighted by atomic mass is 9.91. The van der Waals surface area contributed by atoms with Gasteiger partial charge in [-0.2, -0.15) is 0 Å². The highest BCUT2D eigenvalue weighted by Gasteiger charge is 2.45. The number of nitrogens with zero attached hydrogens (tertiary/aromatic N) is 1. The number of aliphatic hydroxyl groups excluding tert-OH is 1. The van der Waals surface area contributed by atoms with Gasteiger partial charge in [0.05, 0.1) is 39.2 Å². The third-order valence-electron chi connectivity index (χ3n) is 9.85. The molecular formula is C39H43ClN4O8S2. The van der Waals surface area contributed by atoms with E-state index in [4.69, 9.17) is 21.1 Å². The standard InChI is InChI=1S/C39H43ClN4O8S2/c1-44(24-7-9-25(10-8-24)52-38(49)39(50,33-5-3-17-53-33)34-6-4-18-54-34)16-15-36(48)42-29-20-32(51-2)23(19-28(29)40)21-41-22-31(46)26-11-13-30(45)37-27(26)12-14-35(47)43-37/h3-6,11-14,17-20,24-25,31,41,45-46,50H,7-10,15-16,21-22H2,1-2H3,(H,42,48)(H,43,47). The van der Waals surface area contributed by atoms with E-state index in [2.05, 4.69) is 20.5 Å². The number of hydrogen-bond acceptors (Lipinski definition) is 12. The lowest BCUT2D eigenvalue weighted by molar-refractivity contribution is -0.169. The summed E-state index contributed by atoms with van der Waals surface area (Å²) in [5, 5.41) is 43.2. The van der Waals surface area contributed by atoms with Crippen LogP contribution < -0.4 is 20.9 Å². The molecule has 6 rings (SSSR count). The molecule has 1 unspecified atom stereocenters. The van der Waals surface area contributed by atoms with Gasteiger partial charge < -0.3 is 45.3 Å². The predicted octanol–water partition coefficient (Wildman–Crippen LogP) is 5.89. The molecule has 286 valence electrons. The Morgan fingerprint density at radius 2 is 1.76 bits per heavy atom. The Balaban J connectivity index is 0.965. The molecule has 15 heteroatoms. The molecule has 5 aromatic rings. The lowest BCUT2D eigenvalue weighted by Crippen LogP contribution is -2.42. The number of rotatable bonds is 15.